The lowest BCUT2D eigenvalue weighted by Gasteiger charge is -2.41. The fourth-order valence-electron chi connectivity index (χ4n) is 7.18. The van der Waals surface area contributed by atoms with Gasteiger partial charge in [0, 0.05) is 54.4 Å². The van der Waals surface area contributed by atoms with E-state index in [-0.39, 0.29) is 71.4 Å². The number of hydrogen-bond acceptors (Lipinski definition) is 9. The fraction of sp³-hybridized carbons (Fsp3) is 0.406. The summed E-state index contributed by atoms with van der Waals surface area (Å²) in [6.07, 6.45) is 3.63. The summed E-state index contributed by atoms with van der Waals surface area (Å²) < 4.78 is 66.5. The van der Waals surface area contributed by atoms with Crippen molar-refractivity contribution in [1.82, 2.24) is 24.8 Å². The van der Waals surface area contributed by atoms with Gasteiger partial charge in [0.1, 0.15) is 29.8 Å². The molecule has 0 saturated carbocycles. The van der Waals surface area contributed by atoms with Crippen LogP contribution in [0.1, 0.15) is 25.7 Å². The van der Waals surface area contributed by atoms with Crippen LogP contribution in [0.25, 0.3) is 32.2 Å². The normalized spacial score (nSPS) is 23.2. The minimum absolute atomic E-state index is 0.0503. The number of benzene rings is 1. The van der Waals surface area contributed by atoms with E-state index < -0.39 is 34.5 Å². The smallest absolute Gasteiger partial charge is 0.319 e. The Kier molecular flexibility index (Phi) is 7.76. The van der Waals surface area contributed by atoms with Gasteiger partial charge in [-0.1, -0.05) is 18.7 Å². The van der Waals surface area contributed by atoms with Gasteiger partial charge in [-0.3, -0.25) is 14.7 Å². The van der Waals surface area contributed by atoms with E-state index in [2.05, 4.69) is 32.5 Å². The van der Waals surface area contributed by atoms with Crippen LogP contribution in [0.3, 0.4) is 0 Å². The molecule has 4 aromatic rings. The lowest BCUT2D eigenvalue weighted by atomic mass is 9.95. The highest BCUT2D eigenvalue weighted by molar-refractivity contribution is 7.17. The molecule has 7 rings (SSSR count). The minimum atomic E-state index is -1.08. The molecule has 14 heteroatoms. The Hall–Kier alpha value is -4.35. The Labute approximate surface area is 265 Å². The quantitative estimate of drug-likeness (QED) is 0.194. The predicted octanol–water partition coefficient (Wildman–Crippen LogP) is 5.40. The first-order valence-electron chi connectivity index (χ1n) is 15.0. The zero-order valence-corrected chi connectivity index (χ0v) is 25.5. The number of carbonyl (C=O) groups excluding carboxylic acids is 1. The van der Waals surface area contributed by atoms with E-state index in [0.717, 1.165) is 19.4 Å². The average Bonchev–Trinajstić information content (AvgIpc) is 3.68. The maximum absolute atomic E-state index is 16.6. The number of piperazine rings is 1. The molecular weight excluding hydrogens is 622 g/mol. The van der Waals surface area contributed by atoms with Crippen molar-refractivity contribution in [3.63, 3.8) is 0 Å². The fourth-order valence-corrected chi connectivity index (χ4v) is 8.01. The van der Waals surface area contributed by atoms with Crippen LogP contribution in [0, 0.1) is 28.1 Å². The number of hydrogen-bond donors (Lipinski definition) is 0. The molecule has 1 aromatic carbocycles. The van der Waals surface area contributed by atoms with Crippen LogP contribution in [0.2, 0.25) is 0 Å². The topological polar surface area (TPSA) is 98.5 Å². The Balaban J connectivity index is 1.33. The zero-order chi connectivity index (χ0) is 32.2. The maximum atomic E-state index is 16.6. The molecule has 1 amide bonds. The zero-order valence-electron chi connectivity index (χ0n) is 24.7. The molecular formula is C32H29F4N7O2S. The number of carbonyl (C=O) groups is 1. The summed E-state index contributed by atoms with van der Waals surface area (Å²) in [5.41, 5.74) is -0.797. The van der Waals surface area contributed by atoms with Crippen LogP contribution in [0.4, 0.5) is 23.4 Å². The molecule has 0 aliphatic carbocycles. The van der Waals surface area contributed by atoms with Crippen LogP contribution >= 0.6 is 11.3 Å². The Bertz CT molecular complexity index is 1920. The third kappa shape index (κ3) is 5.02. The van der Waals surface area contributed by atoms with E-state index in [0.29, 0.717) is 35.5 Å². The standard InChI is InChI=1S/C32H29F4N7O2S/c1-2-23(44)43-12-11-41(16-19(43)7-9-37)30-21-14-38-27(20-5-3-6-22-24(20)25(34)29(36)46-22)26(35)28(21)39-31(40-30)45-17-32-8-4-10-42(32)15-18(33)13-32/h2-3,5-6,14,18-19H,1,4,7-8,10-13,15-17H2/t18-,19+,32+/m1/s1. The third-order valence-corrected chi connectivity index (χ3v) is 10.2. The minimum Gasteiger partial charge on any atom is -0.461 e. The van der Waals surface area contributed by atoms with Gasteiger partial charge in [-0.05, 0) is 31.5 Å². The van der Waals surface area contributed by atoms with Gasteiger partial charge in [-0.25, -0.2) is 13.2 Å². The Morgan fingerprint density at radius 1 is 1.20 bits per heavy atom. The van der Waals surface area contributed by atoms with Crippen molar-refractivity contribution in [2.75, 3.05) is 44.2 Å². The molecule has 9 nitrogen and oxygen atoms in total. The summed E-state index contributed by atoms with van der Waals surface area (Å²) >= 11 is 0.622. The third-order valence-electron chi connectivity index (χ3n) is 9.31. The number of alkyl halides is 1. The summed E-state index contributed by atoms with van der Waals surface area (Å²) in [6, 6.07) is 6.09. The molecule has 0 N–H and O–H groups in total. The number of thiophene rings is 1. The second-order valence-corrected chi connectivity index (χ2v) is 12.9. The molecule has 0 radical (unpaired) electrons. The number of aromatic nitrogens is 3. The van der Waals surface area contributed by atoms with Crippen LogP contribution < -0.4 is 9.64 Å². The van der Waals surface area contributed by atoms with Gasteiger partial charge in [0.2, 0.25) is 11.0 Å². The van der Waals surface area contributed by atoms with Crippen molar-refractivity contribution in [3.8, 4) is 23.3 Å². The summed E-state index contributed by atoms with van der Waals surface area (Å²) in [6.45, 7) is 5.53. The summed E-state index contributed by atoms with van der Waals surface area (Å²) in [5, 5.41) is 8.64. The SMILES string of the molecule is C=CC(=O)N1CCN(c2nc(OC[C@@]34CCCN3C[C@H](F)C4)nc3c(F)c(-c4cccc5sc(F)c(F)c45)ncc23)C[C@@H]1CC#N. The lowest BCUT2D eigenvalue weighted by Crippen LogP contribution is -2.55. The van der Waals surface area contributed by atoms with Crippen molar-refractivity contribution >= 4 is 44.1 Å². The lowest BCUT2D eigenvalue weighted by molar-refractivity contribution is -0.128. The number of nitriles is 1. The highest BCUT2D eigenvalue weighted by Gasteiger charge is 2.49. The number of fused-ring (bicyclic) bond motifs is 3. The van der Waals surface area contributed by atoms with E-state index in [1.54, 1.807) is 17.0 Å². The Morgan fingerprint density at radius 3 is 2.85 bits per heavy atom. The summed E-state index contributed by atoms with van der Waals surface area (Å²) in [7, 11) is 0. The molecule has 238 valence electrons. The molecule has 0 bridgehead atoms. The highest BCUT2D eigenvalue weighted by atomic mass is 32.1. The van der Waals surface area contributed by atoms with Crippen molar-refractivity contribution in [1.29, 1.82) is 5.26 Å². The molecule has 3 aromatic heterocycles. The van der Waals surface area contributed by atoms with Crippen molar-refractivity contribution in [2.24, 2.45) is 0 Å². The monoisotopic (exact) mass is 651 g/mol. The van der Waals surface area contributed by atoms with E-state index >= 15 is 4.39 Å². The van der Waals surface area contributed by atoms with Crippen molar-refractivity contribution < 1.29 is 27.1 Å². The van der Waals surface area contributed by atoms with Gasteiger partial charge in [0.25, 0.3) is 0 Å². The summed E-state index contributed by atoms with van der Waals surface area (Å²) in [4.78, 5) is 31.5. The number of anilines is 1. The van der Waals surface area contributed by atoms with Crippen LogP contribution in [-0.4, -0.2) is 87.7 Å². The van der Waals surface area contributed by atoms with Crippen LogP contribution in [0.5, 0.6) is 6.01 Å². The molecule has 3 aliphatic heterocycles. The van der Waals surface area contributed by atoms with Crippen molar-refractivity contribution in [2.45, 2.75) is 43.4 Å². The van der Waals surface area contributed by atoms with Gasteiger partial charge < -0.3 is 14.5 Å². The largest absolute Gasteiger partial charge is 0.461 e. The maximum Gasteiger partial charge on any atom is 0.319 e. The molecule has 3 atom stereocenters. The van der Waals surface area contributed by atoms with E-state index in [9.17, 15) is 23.2 Å². The molecule has 3 fully saturated rings. The second kappa shape index (κ2) is 11.8. The Morgan fingerprint density at radius 2 is 2.04 bits per heavy atom. The first kappa shape index (κ1) is 30.3. The van der Waals surface area contributed by atoms with Gasteiger partial charge in [-0.2, -0.15) is 19.6 Å². The molecule has 3 saturated heterocycles. The molecule has 0 unspecified atom stereocenters. The highest BCUT2D eigenvalue weighted by Crippen LogP contribution is 2.42. The predicted molar refractivity (Wildman–Crippen MR) is 165 cm³/mol. The second-order valence-electron chi connectivity index (χ2n) is 11.9. The van der Waals surface area contributed by atoms with Crippen molar-refractivity contribution in [3.05, 3.63) is 53.8 Å². The van der Waals surface area contributed by atoms with E-state index in [1.807, 2.05) is 4.90 Å². The number of nitrogens with zero attached hydrogens (tertiary/aromatic N) is 7. The molecule has 6 heterocycles. The number of rotatable bonds is 7. The van der Waals surface area contributed by atoms with E-state index in [4.69, 9.17) is 4.74 Å². The summed E-state index contributed by atoms with van der Waals surface area (Å²) in [5.74, 6) is -1.97. The van der Waals surface area contributed by atoms with Gasteiger partial charge in [-0.15, -0.1) is 11.3 Å². The van der Waals surface area contributed by atoms with Crippen LogP contribution in [0.15, 0.2) is 37.1 Å². The number of amides is 1. The number of ether oxygens (including phenoxy) is 1. The van der Waals surface area contributed by atoms with Gasteiger partial charge >= 0.3 is 6.01 Å². The number of halogens is 4. The average molecular weight is 652 g/mol. The molecule has 46 heavy (non-hydrogen) atoms. The van der Waals surface area contributed by atoms with E-state index in [1.165, 1.54) is 18.3 Å². The van der Waals surface area contributed by atoms with Gasteiger partial charge in [0.05, 0.1) is 29.5 Å². The van der Waals surface area contributed by atoms with Crippen LogP contribution in [-0.2, 0) is 4.79 Å². The molecule has 0 spiro atoms. The first-order chi connectivity index (χ1) is 22.2. The first-order valence-corrected chi connectivity index (χ1v) is 15.8. The number of pyridine rings is 1. The van der Waals surface area contributed by atoms with Gasteiger partial charge in [0.15, 0.2) is 11.6 Å². The molecule has 3 aliphatic rings.